The third kappa shape index (κ3) is 6.64. The molecule has 0 bridgehead atoms. The van der Waals surface area contributed by atoms with Crippen LogP contribution in [0, 0.1) is 0 Å². The van der Waals surface area contributed by atoms with Gasteiger partial charge in [-0.3, -0.25) is 4.79 Å². The minimum Gasteiger partial charge on any atom is -0.402 e. The molecule has 0 fully saturated rings. The highest BCUT2D eigenvalue weighted by Crippen LogP contribution is 1.81. The van der Waals surface area contributed by atoms with E-state index in [-0.39, 0.29) is 5.91 Å². The molecule has 0 aromatic carbocycles. The van der Waals surface area contributed by atoms with Crippen molar-refractivity contribution in [1.82, 2.24) is 5.32 Å². The fourth-order valence-electron chi connectivity index (χ4n) is 0.443. The number of nitrogens with two attached hydrogens (primary N) is 1. The zero-order valence-electron chi connectivity index (χ0n) is 6.92. The van der Waals surface area contributed by atoms with Gasteiger partial charge in [-0.05, 0) is 19.1 Å². The Morgan fingerprint density at radius 1 is 1.64 bits per heavy atom. The van der Waals surface area contributed by atoms with E-state index in [1.807, 2.05) is 0 Å². The molecule has 0 saturated carbocycles. The monoisotopic (exact) mass is 154 g/mol. The van der Waals surface area contributed by atoms with Crippen molar-refractivity contribution in [2.45, 2.75) is 20.3 Å². The highest BCUT2D eigenvalue weighted by atomic mass is 16.1. The molecular weight excluding hydrogens is 140 g/mol. The molecule has 0 saturated heterocycles. The molecule has 3 nitrogen and oxygen atoms in total. The van der Waals surface area contributed by atoms with E-state index in [1.54, 1.807) is 32.2 Å². The second-order valence-electron chi connectivity index (χ2n) is 2.19. The highest BCUT2D eigenvalue weighted by Gasteiger charge is 1.88. The lowest BCUT2D eigenvalue weighted by molar-refractivity contribution is -0.119. The SMILES string of the molecule is CCC(=O)N/C=C/C=C(/C)N. The molecule has 0 radical (unpaired) electrons. The largest absolute Gasteiger partial charge is 0.402 e. The molecule has 0 rings (SSSR count). The van der Waals surface area contributed by atoms with Gasteiger partial charge in [0.1, 0.15) is 0 Å². The van der Waals surface area contributed by atoms with Crippen LogP contribution in [0.25, 0.3) is 0 Å². The second-order valence-corrected chi connectivity index (χ2v) is 2.19. The van der Waals surface area contributed by atoms with Crippen LogP contribution in [-0.4, -0.2) is 5.91 Å². The van der Waals surface area contributed by atoms with Crippen molar-refractivity contribution in [3.8, 4) is 0 Å². The molecule has 0 aliphatic carbocycles. The summed E-state index contributed by atoms with van der Waals surface area (Å²) >= 11 is 0. The smallest absolute Gasteiger partial charge is 0.223 e. The number of carbonyl (C=O) groups excluding carboxylic acids is 1. The Hall–Kier alpha value is -1.25. The first-order valence-corrected chi connectivity index (χ1v) is 3.55. The Kier molecular flexibility index (Phi) is 4.90. The van der Waals surface area contributed by atoms with Crippen molar-refractivity contribution in [2.24, 2.45) is 5.73 Å². The van der Waals surface area contributed by atoms with E-state index >= 15 is 0 Å². The predicted molar refractivity (Wildman–Crippen MR) is 45.5 cm³/mol. The van der Waals surface area contributed by atoms with Crippen LogP contribution in [0.2, 0.25) is 0 Å². The van der Waals surface area contributed by atoms with Crippen LogP contribution in [0.5, 0.6) is 0 Å². The maximum absolute atomic E-state index is 10.6. The lowest BCUT2D eigenvalue weighted by atomic mass is 10.4. The fraction of sp³-hybridized carbons (Fsp3) is 0.375. The van der Waals surface area contributed by atoms with E-state index < -0.39 is 0 Å². The minimum absolute atomic E-state index is 0.00400. The van der Waals surface area contributed by atoms with Gasteiger partial charge in [-0.15, -0.1) is 0 Å². The second kappa shape index (κ2) is 5.53. The molecule has 62 valence electrons. The van der Waals surface area contributed by atoms with E-state index in [4.69, 9.17) is 5.73 Å². The molecule has 1 amide bonds. The third-order valence-electron chi connectivity index (χ3n) is 1.02. The van der Waals surface area contributed by atoms with E-state index in [0.717, 1.165) is 0 Å². The number of carbonyl (C=O) groups is 1. The van der Waals surface area contributed by atoms with Crippen molar-refractivity contribution >= 4 is 5.91 Å². The zero-order chi connectivity index (χ0) is 8.69. The van der Waals surface area contributed by atoms with Gasteiger partial charge in [-0.1, -0.05) is 6.92 Å². The van der Waals surface area contributed by atoms with Gasteiger partial charge in [0.15, 0.2) is 0 Å². The van der Waals surface area contributed by atoms with Crippen molar-refractivity contribution in [3.63, 3.8) is 0 Å². The maximum Gasteiger partial charge on any atom is 0.223 e. The molecule has 3 N–H and O–H groups in total. The predicted octanol–water partition coefficient (Wildman–Crippen LogP) is 0.889. The lowest BCUT2D eigenvalue weighted by Gasteiger charge is -1.92. The van der Waals surface area contributed by atoms with Crippen molar-refractivity contribution in [2.75, 3.05) is 0 Å². The van der Waals surface area contributed by atoms with E-state index in [1.165, 1.54) is 0 Å². The average Bonchev–Trinajstić information content (AvgIpc) is 1.97. The van der Waals surface area contributed by atoms with Gasteiger partial charge in [0, 0.05) is 18.3 Å². The summed E-state index contributed by atoms with van der Waals surface area (Å²) in [5, 5.41) is 2.57. The Labute approximate surface area is 67.0 Å². The Morgan fingerprint density at radius 2 is 2.27 bits per heavy atom. The molecule has 0 aliphatic heterocycles. The summed E-state index contributed by atoms with van der Waals surface area (Å²) in [6.45, 7) is 3.58. The standard InChI is InChI=1S/C8H14N2O/c1-3-8(11)10-6-4-5-7(2)9/h4-6H,3,9H2,1-2H3,(H,10,11)/b6-4+,7-5-. The molecule has 11 heavy (non-hydrogen) atoms. The number of rotatable bonds is 3. The van der Waals surface area contributed by atoms with Gasteiger partial charge in [-0.25, -0.2) is 0 Å². The summed E-state index contributed by atoms with van der Waals surface area (Å²) in [7, 11) is 0. The molecular formula is C8H14N2O. The molecule has 0 heterocycles. The Balaban J connectivity index is 3.61. The topological polar surface area (TPSA) is 55.1 Å². The summed E-state index contributed by atoms with van der Waals surface area (Å²) < 4.78 is 0. The summed E-state index contributed by atoms with van der Waals surface area (Å²) in [6, 6.07) is 0. The van der Waals surface area contributed by atoms with Crippen LogP contribution in [0.4, 0.5) is 0 Å². The number of hydrogen-bond donors (Lipinski definition) is 2. The van der Waals surface area contributed by atoms with E-state index in [0.29, 0.717) is 12.1 Å². The van der Waals surface area contributed by atoms with Gasteiger partial charge in [0.2, 0.25) is 5.91 Å². The first kappa shape index (κ1) is 9.75. The quantitative estimate of drug-likeness (QED) is 0.593. The van der Waals surface area contributed by atoms with Crippen LogP contribution < -0.4 is 11.1 Å². The number of amides is 1. The van der Waals surface area contributed by atoms with Crippen LogP contribution in [0.3, 0.4) is 0 Å². The number of allylic oxidation sites excluding steroid dienone is 3. The molecule has 0 spiro atoms. The van der Waals surface area contributed by atoms with Crippen molar-refractivity contribution < 1.29 is 4.79 Å². The maximum atomic E-state index is 10.6. The van der Waals surface area contributed by atoms with Crippen LogP contribution in [0.1, 0.15) is 20.3 Å². The first-order valence-electron chi connectivity index (χ1n) is 3.55. The fourth-order valence-corrected chi connectivity index (χ4v) is 0.443. The van der Waals surface area contributed by atoms with Crippen molar-refractivity contribution in [1.29, 1.82) is 0 Å². The van der Waals surface area contributed by atoms with E-state index in [9.17, 15) is 4.79 Å². The summed E-state index contributed by atoms with van der Waals surface area (Å²) in [6.07, 6.45) is 5.48. The normalized spacial score (nSPS) is 12.0. The van der Waals surface area contributed by atoms with Gasteiger partial charge in [0.05, 0.1) is 0 Å². The lowest BCUT2D eigenvalue weighted by Crippen LogP contribution is -2.14. The molecule has 3 heteroatoms. The number of nitrogens with one attached hydrogen (secondary N) is 1. The van der Waals surface area contributed by atoms with Crippen molar-refractivity contribution in [3.05, 3.63) is 24.0 Å². The van der Waals surface area contributed by atoms with Crippen LogP contribution >= 0.6 is 0 Å². The van der Waals surface area contributed by atoms with Gasteiger partial charge >= 0.3 is 0 Å². The van der Waals surface area contributed by atoms with Gasteiger partial charge < -0.3 is 11.1 Å². The van der Waals surface area contributed by atoms with Crippen LogP contribution in [0.15, 0.2) is 24.0 Å². The first-order chi connectivity index (χ1) is 5.16. The molecule has 0 aromatic heterocycles. The zero-order valence-corrected chi connectivity index (χ0v) is 6.92. The third-order valence-corrected chi connectivity index (χ3v) is 1.02. The molecule has 0 unspecified atom stereocenters. The molecule has 0 aromatic rings. The Morgan fingerprint density at radius 3 is 2.73 bits per heavy atom. The van der Waals surface area contributed by atoms with E-state index in [2.05, 4.69) is 5.32 Å². The minimum atomic E-state index is 0.00400. The van der Waals surface area contributed by atoms with Crippen LogP contribution in [-0.2, 0) is 4.79 Å². The Bertz CT molecular complexity index is 179. The number of hydrogen-bond acceptors (Lipinski definition) is 2. The summed E-state index contributed by atoms with van der Waals surface area (Å²) in [5.41, 5.74) is 6.05. The molecule has 0 aliphatic rings. The summed E-state index contributed by atoms with van der Waals surface area (Å²) in [4.78, 5) is 10.6. The summed E-state index contributed by atoms with van der Waals surface area (Å²) in [5.74, 6) is 0.00400. The average molecular weight is 154 g/mol. The van der Waals surface area contributed by atoms with Gasteiger partial charge in [-0.2, -0.15) is 0 Å². The molecule has 0 atom stereocenters. The highest BCUT2D eigenvalue weighted by molar-refractivity contribution is 5.76. The van der Waals surface area contributed by atoms with Gasteiger partial charge in [0.25, 0.3) is 0 Å².